The molecule has 0 aliphatic rings. The van der Waals surface area contributed by atoms with Crippen LogP contribution in [0.5, 0.6) is 0 Å². The number of benzene rings is 1. The van der Waals surface area contributed by atoms with E-state index in [1.165, 1.54) is 0 Å². The van der Waals surface area contributed by atoms with E-state index in [-0.39, 0.29) is 11.8 Å². The Morgan fingerprint density at radius 1 is 1.40 bits per heavy atom. The third-order valence-corrected chi connectivity index (χ3v) is 1.80. The van der Waals surface area contributed by atoms with Gasteiger partial charge in [-0.15, -0.1) is 0 Å². The average Bonchev–Trinajstić information content (AvgIpc) is 2.28. The minimum Gasteiger partial charge on any atom is -0.462 e. The second-order valence-electron chi connectivity index (χ2n) is 2.78. The van der Waals surface area contributed by atoms with Crippen molar-refractivity contribution < 1.29 is 14.7 Å². The summed E-state index contributed by atoms with van der Waals surface area (Å²) in [6.07, 6.45) is 0. The van der Waals surface area contributed by atoms with Gasteiger partial charge in [-0.05, 0) is 19.1 Å². The smallest absolute Gasteiger partial charge is 0.338 e. The first-order chi connectivity index (χ1) is 7.19. The van der Waals surface area contributed by atoms with E-state index in [2.05, 4.69) is 5.16 Å². The molecule has 0 atom stereocenters. The maximum Gasteiger partial charge on any atom is 0.338 e. The second kappa shape index (κ2) is 4.99. The summed E-state index contributed by atoms with van der Waals surface area (Å²) in [6, 6.07) is 6.29. The number of esters is 1. The van der Waals surface area contributed by atoms with Crippen LogP contribution in [-0.4, -0.2) is 23.6 Å². The van der Waals surface area contributed by atoms with Gasteiger partial charge in [0.15, 0.2) is 5.84 Å². The van der Waals surface area contributed by atoms with Crippen LogP contribution < -0.4 is 5.73 Å². The number of hydrogen-bond acceptors (Lipinski definition) is 4. The normalized spacial score (nSPS) is 11.1. The highest BCUT2D eigenvalue weighted by molar-refractivity contribution is 5.98. The SMILES string of the molecule is CCOC(=O)c1ccc(/C(N)=N\O)cc1. The molecule has 0 aliphatic carbocycles. The van der Waals surface area contributed by atoms with Gasteiger partial charge in [-0.3, -0.25) is 0 Å². The van der Waals surface area contributed by atoms with Gasteiger partial charge in [-0.1, -0.05) is 17.3 Å². The number of ether oxygens (including phenoxy) is 1. The molecule has 5 heteroatoms. The summed E-state index contributed by atoms with van der Waals surface area (Å²) < 4.78 is 4.80. The summed E-state index contributed by atoms with van der Waals surface area (Å²) in [5.41, 5.74) is 6.35. The Hall–Kier alpha value is -2.04. The third kappa shape index (κ3) is 2.70. The van der Waals surface area contributed by atoms with Crippen LogP contribution in [-0.2, 0) is 4.74 Å². The molecule has 0 aliphatic heterocycles. The maximum atomic E-state index is 11.3. The Kier molecular flexibility index (Phi) is 3.68. The zero-order chi connectivity index (χ0) is 11.3. The van der Waals surface area contributed by atoms with E-state index in [4.69, 9.17) is 15.7 Å². The largest absolute Gasteiger partial charge is 0.462 e. The highest BCUT2D eigenvalue weighted by Gasteiger charge is 2.06. The summed E-state index contributed by atoms with van der Waals surface area (Å²) in [5.74, 6) is -0.381. The topological polar surface area (TPSA) is 84.9 Å². The number of carbonyl (C=O) groups excluding carboxylic acids is 1. The van der Waals surface area contributed by atoms with Crippen LogP contribution in [0.3, 0.4) is 0 Å². The number of nitrogens with two attached hydrogens (primary N) is 1. The number of oxime groups is 1. The van der Waals surface area contributed by atoms with Crippen LogP contribution in [0.4, 0.5) is 0 Å². The molecule has 0 saturated carbocycles. The van der Waals surface area contributed by atoms with Gasteiger partial charge < -0.3 is 15.7 Å². The van der Waals surface area contributed by atoms with Crippen LogP contribution in [0.2, 0.25) is 0 Å². The number of hydrogen-bond donors (Lipinski definition) is 2. The molecule has 15 heavy (non-hydrogen) atoms. The van der Waals surface area contributed by atoms with Crippen molar-refractivity contribution in [3.05, 3.63) is 35.4 Å². The van der Waals surface area contributed by atoms with E-state index in [9.17, 15) is 4.79 Å². The molecule has 0 saturated heterocycles. The molecular formula is C10H12N2O3. The van der Waals surface area contributed by atoms with Gasteiger partial charge in [-0.25, -0.2) is 4.79 Å². The van der Waals surface area contributed by atoms with E-state index < -0.39 is 0 Å². The highest BCUT2D eigenvalue weighted by Crippen LogP contribution is 2.05. The van der Waals surface area contributed by atoms with Gasteiger partial charge >= 0.3 is 5.97 Å². The fourth-order valence-electron chi connectivity index (χ4n) is 1.05. The lowest BCUT2D eigenvalue weighted by atomic mass is 10.1. The molecule has 1 aromatic carbocycles. The minimum absolute atomic E-state index is 0.00501. The van der Waals surface area contributed by atoms with Crippen molar-refractivity contribution in [3.8, 4) is 0 Å². The quantitative estimate of drug-likeness (QED) is 0.255. The van der Waals surface area contributed by atoms with Gasteiger partial charge in [0, 0.05) is 5.56 Å². The van der Waals surface area contributed by atoms with Crippen molar-refractivity contribution in [1.82, 2.24) is 0 Å². The summed E-state index contributed by atoms with van der Waals surface area (Å²) in [7, 11) is 0. The maximum absolute atomic E-state index is 11.3. The molecule has 0 unspecified atom stereocenters. The third-order valence-electron chi connectivity index (χ3n) is 1.80. The molecule has 0 spiro atoms. The number of amidine groups is 1. The number of nitrogens with zero attached hydrogens (tertiary/aromatic N) is 1. The zero-order valence-electron chi connectivity index (χ0n) is 8.30. The summed E-state index contributed by atoms with van der Waals surface area (Å²) in [6.45, 7) is 2.07. The predicted molar refractivity (Wildman–Crippen MR) is 54.9 cm³/mol. The lowest BCUT2D eigenvalue weighted by Crippen LogP contribution is -2.13. The molecule has 80 valence electrons. The van der Waals surface area contributed by atoms with Crippen molar-refractivity contribution >= 4 is 11.8 Å². The molecule has 1 rings (SSSR count). The van der Waals surface area contributed by atoms with Crippen LogP contribution in [0, 0.1) is 0 Å². The van der Waals surface area contributed by atoms with Gasteiger partial charge in [0.2, 0.25) is 0 Å². The molecular weight excluding hydrogens is 196 g/mol. The molecule has 0 radical (unpaired) electrons. The van der Waals surface area contributed by atoms with Crippen molar-refractivity contribution in [2.75, 3.05) is 6.61 Å². The minimum atomic E-state index is -0.386. The molecule has 0 bridgehead atoms. The Balaban J connectivity index is 2.85. The Morgan fingerprint density at radius 3 is 2.40 bits per heavy atom. The molecule has 1 aromatic rings. The lowest BCUT2D eigenvalue weighted by molar-refractivity contribution is 0.0526. The van der Waals surface area contributed by atoms with E-state index in [1.807, 2.05) is 0 Å². The first kappa shape index (κ1) is 11.0. The van der Waals surface area contributed by atoms with E-state index >= 15 is 0 Å². The van der Waals surface area contributed by atoms with Gasteiger partial charge in [0.05, 0.1) is 12.2 Å². The summed E-state index contributed by atoms with van der Waals surface area (Å²) in [4.78, 5) is 11.3. The molecule has 0 aromatic heterocycles. The van der Waals surface area contributed by atoms with Crippen molar-refractivity contribution in [3.63, 3.8) is 0 Å². The van der Waals surface area contributed by atoms with Crippen LogP contribution >= 0.6 is 0 Å². The first-order valence-electron chi connectivity index (χ1n) is 4.44. The zero-order valence-corrected chi connectivity index (χ0v) is 8.30. The summed E-state index contributed by atoms with van der Waals surface area (Å²) >= 11 is 0. The van der Waals surface area contributed by atoms with Gasteiger partial charge in [-0.2, -0.15) is 0 Å². The average molecular weight is 208 g/mol. The Morgan fingerprint density at radius 2 is 1.93 bits per heavy atom. The lowest BCUT2D eigenvalue weighted by Gasteiger charge is -2.02. The van der Waals surface area contributed by atoms with E-state index in [0.29, 0.717) is 17.7 Å². The molecule has 5 nitrogen and oxygen atoms in total. The first-order valence-corrected chi connectivity index (χ1v) is 4.44. The predicted octanol–water partition coefficient (Wildman–Crippen LogP) is 0.958. The molecule has 0 fully saturated rings. The van der Waals surface area contributed by atoms with Crippen LogP contribution in [0.15, 0.2) is 29.4 Å². The fraction of sp³-hybridized carbons (Fsp3) is 0.200. The van der Waals surface area contributed by atoms with Gasteiger partial charge in [0.1, 0.15) is 0 Å². The Labute approximate surface area is 87.1 Å². The highest BCUT2D eigenvalue weighted by atomic mass is 16.5. The Bertz CT molecular complexity index is 371. The van der Waals surface area contributed by atoms with Gasteiger partial charge in [0.25, 0.3) is 0 Å². The molecule has 0 amide bonds. The molecule has 3 N–H and O–H groups in total. The second-order valence-corrected chi connectivity index (χ2v) is 2.78. The molecule has 0 heterocycles. The monoisotopic (exact) mass is 208 g/mol. The summed E-state index contributed by atoms with van der Waals surface area (Å²) in [5, 5.41) is 11.3. The van der Waals surface area contributed by atoms with Crippen molar-refractivity contribution in [2.24, 2.45) is 10.9 Å². The van der Waals surface area contributed by atoms with Crippen molar-refractivity contribution in [1.29, 1.82) is 0 Å². The van der Waals surface area contributed by atoms with Crippen molar-refractivity contribution in [2.45, 2.75) is 6.92 Å². The van der Waals surface area contributed by atoms with Crippen LogP contribution in [0.25, 0.3) is 0 Å². The number of rotatable bonds is 3. The van der Waals surface area contributed by atoms with E-state index in [1.54, 1.807) is 31.2 Å². The van der Waals surface area contributed by atoms with E-state index in [0.717, 1.165) is 0 Å². The number of carbonyl (C=O) groups is 1. The standard InChI is InChI=1S/C10H12N2O3/c1-2-15-10(13)8-5-3-7(4-6-8)9(11)12-14/h3-6,14H,2H2,1H3,(H2,11,12). The fourth-order valence-corrected chi connectivity index (χ4v) is 1.05. The van der Waals surface area contributed by atoms with Crippen LogP contribution in [0.1, 0.15) is 22.8 Å².